The van der Waals surface area contributed by atoms with Gasteiger partial charge in [-0.1, -0.05) is 0 Å². The van der Waals surface area contributed by atoms with Crippen LogP contribution in [-0.4, -0.2) is 64.1 Å². The first-order valence-electron chi connectivity index (χ1n) is 12.2. The van der Waals surface area contributed by atoms with Crippen molar-refractivity contribution in [2.24, 2.45) is 5.92 Å². The summed E-state index contributed by atoms with van der Waals surface area (Å²) in [6.45, 7) is 5.79. The number of furan rings is 1. The van der Waals surface area contributed by atoms with Crippen LogP contribution in [0.3, 0.4) is 0 Å². The molecule has 3 aliphatic rings. The number of ether oxygens (including phenoxy) is 1. The van der Waals surface area contributed by atoms with Gasteiger partial charge in [-0.05, 0) is 62.6 Å². The maximum absolute atomic E-state index is 13.1. The summed E-state index contributed by atoms with van der Waals surface area (Å²) >= 11 is 0. The summed E-state index contributed by atoms with van der Waals surface area (Å²) in [5.74, 6) is 0.299. The smallest absolute Gasteiger partial charge is 0.276 e. The molecule has 1 aromatic heterocycles. The van der Waals surface area contributed by atoms with Gasteiger partial charge in [0.1, 0.15) is 5.76 Å². The van der Waals surface area contributed by atoms with Crippen molar-refractivity contribution in [3.8, 4) is 0 Å². The lowest BCUT2D eigenvalue weighted by molar-refractivity contribution is -0.120. The molecule has 2 aromatic rings. The number of morpholine rings is 1. The molecule has 2 atom stereocenters. The number of hydrogen-bond acceptors (Lipinski definition) is 8. The van der Waals surface area contributed by atoms with E-state index in [1.54, 1.807) is 6.07 Å². The second kappa shape index (κ2) is 10.3. The summed E-state index contributed by atoms with van der Waals surface area (Å²) in [5.41, 5.74) is 8.09. The van der Waals surface area contributed by atoms with E-state index >= 15 is 0 Å². The molecule has 2 unspecified atom stereocenters. The second-order valence-electron chi connectivity index (χ2n) is 9.45. The Bertz CT molecular complexity index is 1120. The molecule has 10 nitrogen and oxygen atoms in total. The summed E-state index contributed by atoms with van der Waals surface area (Å²) < 4.78 is 38.7. The minimum Gasteiger partial charge on any atom is -0.447 e. The van der Waals surface area contributed by atoms with Gasteiger partial charge < -0.3 is 19.4 Å². The number of nitrogens with zero attached hydrogens (tertiary/aromatic N) is 2. The van der Waals surface area contributed by atoms with Gasteiger partial charge in [-0.25, -0.2) is 13.8 Å². The first-order chi connectivity index (χ1) is 16.9. The highest BCUT2D eigenvalue weighted by Gasteiger charge is 2.35. The first-order valence-corrected chi connectivity index (χ1v) is 13.7. The molecule has 35 heavy (non-hydrogen) atoms. The molecule has 0 saturated carbocycles. The number of carbonyl (C=O) groups excluding carboxylic acids is 1. The van der Waals surface area contributed by atoms with Crippen molar-refractivity contribution in [3.63, 3.8) is 0 Å². The fraction of sp³-hybridized carbons (Fsp3) is 0.542. The number of sulfonamides is 1. The summed E-state index contributed by atoms with van der Waals surface area (Å²) in [4.78, 5) is 15.1. The summed E-state index contributed by atoms with van der Waals surface area (Å²) in [6, 6.07) is 11.3. The number of benzene rings is 1. The van der Waals surface area contributed by atoms with Crippen molar-refractivity contribution in [2.45, 2.75) is 43.4 Å². The van der Waals surface area contributed by atoms with Crippen molar-refractivity contribution in [2.75, 3.05) is 49.6 Å². The van der Waals surface area contributed by atoms with Crippen LogP contribution in [0.1, 0.15) is 38.0 Å². The molecule has 3 N–H and O–H groups in total. The predicted octanol–water partition coefficient (Wildman–Crippen LogP) is 2.08. The van der Waals surface area contributed by atoms with Crippen LogP contribution in [0.25, 0.3) is 0 Å². The maximum Gasteiger partial charge on any atom is 0.276 e. The van der Waals surface area contributed by atoms with Crippen LogP contribution in [0.2, 0.25) is 0 Å². The third-order valence-corrected chi connectivity index (χ3v) is 8.74. The van der Waals surface area contributed by atoms with Gasteiger partial charge >= 0.3 is 0 Å². The number of hydrogen-bond donors (Lipinski definition) is 3. The van der Waals surface area contributed by atoms with Crippen molar-refractivity contribution in [1.29, 1.82) is 0 Å². The first kappa shape index (κ1) is 24.3. The Balaban J connectivity index is 1.14. The molecule has 190 valence electrons. The topological polar surface area (TPSA) is 116 Å². The molecular weight excluding hydrogens is 470 g/mol. The summed E-state index contributed by atoms with van der Waals surface area (Å²) in [5, 5.41) is 2.94. The van der Waals surface area contributed by atoms with Crippen LogP contribution in [0.4, 0.5) is 11.4 Å². The zero-order valence-electron chi connectivity index (χ0n) is 19.9. The van der Waals surface area contributed by atoms with E-state index in [-0.39, 0.29) is 42.1 Å². The molecule has 5 rings (SSSR count). The largest absolute Gasteiger partial charge is 0.447 e. The van der Waals surface area contributed by atoms with E-state index in [0.717, 1.165) is 44.1 Å². The molecule has 3 saturated heterocycles. The minimum absolute atomic E-state index is 0.0443. The Hall–Kier alpha value is -2.44. The maximum atomic E-state index is 13.1. The van der Waals surface area contributed by atoms with Gasteiger partial charge in [0.05, 0.1) is 19.3 Å². The molecule has 11 heteroatoms. The van der Waals surface area contributed by atoms with Crippen LogP contribution < -0.4 is 21.1 Å². The average molecular weight is 504 g/mol. The van der Waals surface area contributed by atoms with E-state index in [0.29, 0.717) is 18.6 Å². The highest BCUT2D eigenvalue weighted by Crippen LogP contribution is 2.30. The van der Waals surface area contributed by atoms with Gasteiger partial charge in [0.25, 0.3) is 10.0 Å². The number of rotatable bonds is 6. The number of carbonyl (C=O) groups is 1. The molecule has 0 radical (unpaired) electrons. The number of nitrogens with one attached hydrogen (secondary N) is 3. The normalized spacial score (nSPS) is 24.5. The van der Waals surface area contributed by atoms with Gasteiger partial charge in [-0.15, -0.1) is 0 Å². The zero-order valence-corrected chi connectivity index (χ0v) is 20.7. The fourth-order valence-corrected chi connectivity index (χ4v) is 6.26. The average Bonchev–Trinajstić information content (AvgIpc) is 3.55. The number of amides is 1. The second-order valence-corrected chi connectivity index (χ2v) is 11.3. The predicted molar refractivity (Wildman–Crippen MR) is 131 cm³/mol. The third-order valence-electron chi connectivity index (χ3n) is 6.97. The molecule has 4 heterocycles. The van der Waals surface area contributed by atoms with Gasteiger partial charge in [0, 0.05) is 49.5 Å². The van der Waals surface area contributed by atoms with E-state index in [9.17, 15) is 13.2 Å². The number of hydrazine groups is 1. The van der Waals surface area contributed by atoms with Crippen LogP contribution in [-0.2, 0) is 19.6 Å². The monoisotopic (exact) mass is 503 g/mol. The lowest BCUT2D eigenvalue weighted by Crippen LogP contribution is -2.41. The Morgan fingerprint density at radius 1 is 1.00 bits per heavy atom. The van der Waals surface area contributed by atoms with Crippen LogP contribution >= 0.6 is 0 Å². The van der Waals surface area contributed by atoms with E-state index in [2.05, 4.69) is 28.0 Å². The lowest BCUT2D eigenvalue weighted by Gasteiger charge is -2.30. The van der Waals surface area contributed by atoms with E-state index in [1.807, 2.05) is 24.3 Å². The summed E-state index contributed by atoms with van der Waals surface area (Å²) in [6.07, 6.45) is 1.76. The number of anilines is 2. The molecule has 0 bridgehead atoms. The van der Waals surface area contributed by atoms with Gasteiger partial charge in [0.2, 0.25) is 11.0 Å². The Morgan fingerprint density at radius 2 is 1.71 bits per heavy atom. The van der Waals surface area contributed by atoms with Crippen LogP contribution in [0.5, 0.6) is 0 Å². The Labute approximate surface area is 206 Å². The van der Waals surface area contributed by atoms with Crippen LogP contribution in [0.15, 0.2) is 45.9 Å². The molecule has 3 fully saturated rings. The van der Waals surface area contributed by atoms with Crippen molar-refractivity contribution in [1.82, 2.24) is 15.2 Å². The molecule has 0 spiro atoms. The summed E-state index contributed by atoms with van der Waals surface area (Å²) in [7, 11) is -3.73. The van der Waals surface area contributed by atoms with Gasteiger partial charge in [-0.3, -0.25) is 10.2 Å². The SMILES string of the molecule is CC1CC(c2ccc(S(=O)(=O)N3CCC(C(=O)Nc4ccc(N5CCOCC5)cc4)CC3)o2)NN1. The molecular formula is C24H33N5O5S. The van der Waals surface area contributed by atoms with E-state index in [4.69, 9.17) is 9.15 Å². The highest BCUT2D eigenvalue weighted by molar-refractivity contribution is 7.89. The Morgan fingerprint density at radius 3 is 2.37 bits per heavy atom. The van der Waals surface area contributed by atoms with Crippen molar-refractivity contribution < 1.29 is 22.4 Å². The van der Waals surface area contributed by atoms with Crippen LogP contribution in [0, 0.1) is 5.92 Å². The Kier molecular flexibility index (Phi) is 7.12. The minimum atomic E-state index is -3.73. The lowest BCUT2D eigenvalue weighted by atomic mass is 9.97. The molecule has 1 amide bonds. The molecule has 1 aromatic carbocycles. The van der Waals surface area contributed by atoms with E-state index < -0.39 is 10.0 Å². The quantitative estimate of drug-likeness (QED) is 0.549. The standard InChI is InChI=1S/C24H33N5O5S/c1-17-16-21(27-26-17)22-6-7-23(34-22)35(31,32)29-10-8-18(9-11-29)24(30)25-19-2-4-20(5-3-19)28-12-14-33-15-13-28/h2-7,17-18,21,26-27H,8-16H2,1H3,(H,25,30). The molecule has 0 aliphatic carbocycles. The number of piperidine rings is 1. The van der Waals surface area contributed by atoms with Crippen molar-refractivity contribution >= 4 is 27.3 Å². The fourth-order valence-electron chi connectivity index (χ4n) is 4.87. The third kappa shape index (κ3) is 5.39. The zero-order chi connectivity index (χ0) is 24.4. The van der Waals surface area contributed by atoms with Crippen molar-refractivity contribution in [3.05, 3.63) is 42.2 Å². The van der Waals surface area contributed by atoms with Gasteiger partial charge in [0.15, 0.2) is 0 Å². The van der Waals surface area contributed by atoms with Gasteiger partial charge in [-0.2, -0.15) is 4.31 Å². The van der Waals surface area contributed by atoms with E-state index in [1.165, 1.54) is 10.4 Å². The molecule has 3 aliphatic heterocycles. The highest BCUT2D eigenvalue weighted by atomic mass is 32.2.